The Kier molecular flexibility index (Phi) is 6.02. The highest BCUT2D eigenvalue weighted by Gasteiger charge is 2.15. The molecule has 7 heteroatoms. The van der Waals surface area contributed by atoms with E-state index in [2.05, 4.69) is 15.5 Å². The summed E-state index contributed by atoms with van der Waals surface area (Å²) in [5.74, 6) is -0.147. The Hall–Kier alpha value is -1.95. The lowest BCUT2D eigenvalue weighted by Crippen LogP contribution is -2.37. The zero-order chi connectivity index (χ0) is 17.6. The highest BCUT2D eigenvalue weighted by molar-refractivity contribution is 6.36. The molecule has 0 unspecified atom stereocenters. The topological polar surface area (TPSA) is 53.6 Å². The smallest absolute Gasteiger partial charge is 0.243 e. The fourth-order valence-electron chi connectivity index (χ4n) is 2.66. The number of hydrogen-bond acceptors (Lipinski definition) is 4. The number of amides is 1. The van der Waals surface area contributed by atoms with Gasteiger partial charge in [0.1, 0.15) is 0 Å². The molecule has 1 amide bonds. The Morgan fingerprint density at radius 3 is 2.60 bits per heavy atom. The number of para-hydroxylation sites is 2. The van der Waals surface area contributed by atoms with Crippen molar-refractivity contribution in [3.05, 3.63) is 52.5 Å². The molecule has 2 N–H and O–H groups in total. The van der Waals surface area contributed by atoms with Gasteiger partial charge in [-0.3, -0.25) is 4.79 Å². The monoisotopic (exact) mass is 379 g/mol. The Bertz CT molecular complexity index is 749. The van der Waals surface area contributed by atoms with Crippen LogP contribution in [0.25, 0.3) is 0 Å². The van der Waals surface area contributed by atoms with Crippen LogP contribution >= 0.6 is 23.2 Å². The minimum absolute atomic E-state index is 0.110. The fourth-order valence-corrected chi connectivity index (χ4v) is 3.14. The number of morpholine rings is 1. The molecule has 1 aliphatic heterocycles. The maximum atomic E-state index is 12.3. The van der Waals surface area contributed by atoms with Crippen LogP contribution in [0.5, 0.6) is 0 Å². The Labute approximate surface area is 156 Å². The molecule has 1 heterocycles. The van der Waals surface area contributed by atoms with Crippen molar-refractivity contribution in [1.82, 2.24) is 0 Å². The van der Waals surface area contributed by atoms with Gasteiger partial charge in [0, 0.05) is 18.1 Å². The summed E-state index contributed by atoms with van der Waals surface area (Å²) >= 11 is 12.0. The molecule has 0 radical (unpaired) electrons. The number of anilines is 3. The van der Waals surface area contributed by atoms with Crippen LogP contribution in [0, 0.1) is 0 Å². The van der Waals surface area contributed by atoms with Gasteiger partial charge in [0.15, 0.2) is 0 Å². The molecule has 132 valence electrons. The van der Waals surface area contributed by atoms with E-state index < -0.39 is 0 Å². The van der Waals surface area contributed by atoms with Crippen LogP contribution in [0.4, 0.5) is 17.1 Å². The van der Waals surface area contributed by atoms with E-state index in [1.54, 1.807) is 18.2 Å². The van der Waals surface area contributed by atoms with Crippen LogP contribution in [0.2, 0.25) is 10.0 Å². The summed E-state index contributed by atoms with van der Waals surface area (Å²) < 4.78 is 5.39. The lowest BCUT2D eigenvalue weighted by Gasteiger charge is -2.30. The molecule has 2 aromatic rings. The lowest BCUT2D eigenvalue weighted by molar-refractivity contribution is -0.114. The van der Waals surface area contributed by atoms with E-state index in [0.717, 1.165) is 24.5 Å². The number of carbonyl (C=O) groups is 1. The molecule has 0 spiro atoms. The standard InChI is InChI=1S/C18H19Cl2N3O2/c19-13-5-6-15(14(20)11-13)21-12-18(24)22-16-3-1-2-4-17(16)23-7-9-25-10-8-23/h1-6,11,21H,7-10,12H2,(H,22,24). The third-order valence-electron chi connectivity index (χ3n) is 3.90. The van der Waals surface area contributed by atoms with Crippen LogP contribution in [-0.4, -0.2) is 38.8 Å². The number of nitrogens with one attached hydrogen (secondary N) is 2. The molecule has 0 aliphatic carbocycles. The summed E-state index contributed by atoms with van der Waals surface area (Å²) in [6, 6.07) is 12.9. The van der Waals surface area contributed by atoms with E-state index in [-0.39, 0.29) is 12.5 Å². The number of carbonyl (C=O) groups excluding carboxylic acids is 1. The van der Waals surface area contributed by atoms with Gasteiger partial charge >= 0.3 is 0 Å². The Morgan fingerprint density at radius 2 is 1.84 bits per heavy atom. The second-order valence-electron chi connectivity index (χ2n) is 5.64. The van der Waals surface area contributed by atoms with Crippen molar-refractivity contribution in [1.29, 1.82) is 0 Å². The number of rotatable bonds is 5. The third kappa shape index (κ3) is 4.78. The highest BCUT2D eigenvalue weighted by atomic mass is 35.5. The minimum Gasteiger partial charge on any atom is -0.378 e. The van der Waals surface area contributed by atoms with E-state index in [0.29, 0.717) is 28.9 Å². The summed E-state index contributed by atoms with van der Waals surface area (Å²) in [5, 5.41) is 7.01. The van der Waals surface area contributed by atoms with Crippen LogP contribution in [0.3, 0.4) is 0 Å². The van der Waals surface area contributed by atoms with Crippen LogP contribution < -0.4 is 15.5 Å². The molecular weight excluding hydrogens is 361 g/mol. The molecule has 0 atom stereocenters. The normalized spacial score (nSPS) is 14.2. The predicted octanol–water partition coefficient (Wildman–Crippen LogP) is 3.88. The summed E-state index contributed by atoms with van der Waals surface area (Å²) in [4.78, 5) is 14.5. The largest absolute Gasteiger partial charge is 0.378 e. The van der Waals surface area contributed by atoms with Gasteiger partial charge in [-0.2, -0.15) is 0 Å². The molecule has 25 heavy (non-hydrogen) atoms. The molecule has 1 fully saturated rings. The van der Waals surface area contributed by atoms with Crippen LogP contribution in [0.1, 0.15) is 0 Å². The zero-order valence-corrected chi connectivity index (χ0v) is 15.1. The molecule has 5 nitrogen and oxygen atoms in total. The first-order valence-electron chi connectivity index (χ1n) is 8.04. The summed E-state index contributed by atoms with van der Waals surface area (Å²) in [5.41, 5.74) is 2.46. The molecule has 1 saturated heterocycles. The van der Waals surface area contributed by atoms with Gasteiger partial charge in [-0.25, -0.2) is 0 Å². The maximum absolute atomic E-state index is 12.3. The summed E-state index contributed by atoms with van der Waals surface area (Å²) in [6.45, 7) is 3.12. The van der Waals surface area contributed by atoms with E-state index in [1.165, 1.54) is 0 Å². The number of ether oxygens (including phenoxy) is 1. The van der Waals surface area contributed by atoms with Gasteiger partial charge < -0.3 is 20.3 Å². The van der Waals surface area contributed by atoms with Crippen molar-refractivity contribution in [2.24, 2.45) is 0 Å². The fraction of sp³-hybridized carbons (Fsp3) is 0.278. The van der Waals surface area contributed by atoms with Crippen molar-refractivity contribution in [3.63, 3.8) is 0 Å². The third-order valence-corrected chi connectivity index (χ3v) is 4.45. The van der Waals surface area contributed by atoms with Crippen LogP contribution in [0.15, 0.2) is 42.5 Å². The summed E-state index contributed by atoms with van der Waals surface area (Å²) in [6.07, 6.45) is 0. The highest BCUT2D eigenvalue weighted by Crippen LogP contribution is 2.27. The van der Waals surface area contributed by atoms with Crippen molar-refractivity contribution < 1.29 is 9.53 Å². The molecule has 0 saturated carbocycles. The van der Waals surface area contributed by atoms with Crippen molar-refractivity contribution in [2.45, 2.75) is 0 Å². The van der Waals surface area contributed by atoms with Gasteiger partial charge in [-0.05, 0) is 30.3 Å². The first kappa shape index (κ1) is 17.9. The summed E-state index contributed by atoms with van der Waals surface area (Å²) in [7, 11) is 0. The molecule has 3 rings (SSSR count). The van der Waals surface area contributed by atoms with E-state index in [1.807, 2.05) is 24.3 Å². The molecule has 2 aromatic carbocycles. The quantitative estimate of drug-likeness (QED) is 0.827. The number of halogens is 2. The SMILES string of the molecule is O=C(CNc1ccc(Cl)cc1Cl)Nc1ccccc1N1CCOCC1. The Balaban J connectivity index is 1.63. The van der Waals surface area contributed by atoms with Gasteiger partial charge in [-0.15, -0.1) is 0 Å². The second kappa shape index (κ2) is 8.43. The Morgan fingerprint density at radius 1 is 1.08 bits per heavy atom. The van der Waals surface area contributed by atoms with E-state index in [9.17, 15) is 4.79 Å². The van der Waals surface area contributed by atoms with Crippen molar-refractivity contribution in [3.8, 4) is 0 Å². The van der Waals surface area contributed by atoms with E-state index >= 15 is 0 Å². The average molecular weight is 380 g/mol. The predicted molar refractivity (Wildman–Crippen MR) is 103 cm³/mol. The van der Waals surface area contributed by atoms with Gasteiger partial charge in [0.05, 0.1) is 41.8 Å². The lowest BCUT2D eigenvalue weighted by atomic mass is 10.2. The first-order valence-corrected chi connectivity index (χ1v) is 8.79. The maximum Gasteiger partial charge on any atom is 0.243 e. The first-order chi connectivity index (χ1) is 12.1. The van der Waals surface area contributed by atoms with Crippen molar-refractivity contribution >= 4 is 46.2 Å². The molecule has 1 aliphatic rings. The van der Waals surface area contributed by atoms with Gasteiger partial charge in [-0.1, -0.05) is 35.3 Å². The zero-order valence-electron chi connectivity index (χ0n) is 13.6. The molecular formula is C18H19Cl2N3O2. The number of hydrogen-bond donors (Lipinski definition) is 2. The van der Waals surface area contributed by atoms with Gasteiger partial charge in [0.25, 0.3) is 0 Å². The minimum atomic E-state index is -0.147. The molecule has 0 aromatic heterocycles. The number of nitrogens with zero attached hydrogens (tertiary/aromatic N) is 1. The second-order valence-corrected chi connectivity index (χ2v) is 6.49. The van der Waals surface area contributed by atoms with E-state index in [4.69, 9.17) is 27.9 Å². The van der Waals surface area contributed by atoms with Gasteiger partial charge in [0.2, 0.25) is 5.91 Å². The molecule has 0 bridgehead atoms. The van der Waals surface area contributed by atoms with Crippen molar-refractivity contribution in [2.75, 3.05) is 48.4 Å². The number of benzene rings is 2. The van der Waals surface area contributed by atoms with Crippen LogP contribution in [-0.2, 0) is 9.53 Å². The average Bonchev–Trinajstić information content (AvgIpc) is 2.62.